The molecule has 0 aromatic heterocycles. The number of piperazine rings is 1. The van der Waals surface area contributed by atoms with Crippen molar-refractivity contribution < 1.29 is 4.79 Å². The van der Waals surface area contributed by atoms with E-state index in [2.05, 4.69) is 53.2 Å². The molecule has 0 saturated carbocycles. The summed E-state index contributed by atoms with van der Waals surface area (Å²) in [7, 11) is 0. The van der Waals surface area contributed by atoms with E-state index in [0.29, 0.717) is 17.7 Å². The number of carbonyl (C=O) groups is 1. The number of nitrogens with zero attached hydrogens (tertiary/aromatic N) is 2. The van der Waals surface area contributed by atoms with Crippen molar-refractivity contribution in [3.8, 4) is 0 Å². The van der Waals surface area contributed by atoms with Crippen LogP contribution < -0.4 is 10.2 Å². The van der Waals surface area contributed by atoms with E-state index in [1.165, 1.54) is 24.1 Å². The van der Waals surface area contributed by atoms with Gasteiger partial charge in [0.15, 0.2) is 0 Å². The van der Waals surface area contributed by atoms with Crippen LogP contribution >= 0.6 is 0 Å². The molecule has 2 aliphatic rings. The Morgan fingerprint density at radius 2 is 1.83 bits per heavy atom. The van der Waals surface area contributed by atoms with E-state index >= 15 is 0 Å². The van der Waals surface area contributed by atoms with Gasteiger partial charge in [0.2, 0.25) is 5.91 Å². The largest absolute Gasteiger partial charge is 0.368 e. The van der Waals surface area contributed by atoms with Crippen molar-refractivity contribution in [2.45, 2.75) is 33.1 Å². The third-order valence-corrected chi connectivity index (χ3v) is 5.77. The fraction of sp³-hybridized carbons (Fsp3) is 0.650. The maximum Gasteiger partial charge on any atom is 0.222 e. The molecule has 0 radical (unpaired) electrons. The van der Waals surface area contributed by atoms with Crippen LogP contribution in [0.2, 0.25) is 0 Å². The summed E-state index contributed by atoms with van der Waals surface area (Å²) in [5.41, 5.74) is 2.63. The van der Waals surface area contributed by atoms with Crippen LogP contribution in [0.3, 0.4) is 0 Å². The van der Waals surface area contributed by atoms with Crippen LogP contribution in [-0.2, 0) is 4.79 Å². The number of carbonyl (C=O) groups excluding carboxylic acids is 1. The van der Waals surface area contributed by atoms with Gasteiger partial charge in [0.05, 0.1) is 0 Å². The van der Waals surface area contributed by atoms with E-state index in [0.717, 1.165) is 45.7 Å². The molecule has 4 heteroatoms. The molecule has 1 amide bonds. The third kappa shape index (κ3) is 4.10. The number of nitrogens with one attached hydrogen (secondary N) is 1. The van der Waals surface area contributed by atoms with Crippen LogP contribution in [0.1, 0.15) is 31.7 Å². The summed E-state index contributed by atoms with van der Waals surface area (Å²) in [5.74, 6) is 1.57. The number of benzene rings is 1. The van der Waals surface area contributed by atoms with Gasteiger partial charge in [-0.1, -0.05) is 25.1 Å². The molecule has 2 aliphatic heterocycles. The average Bonchev–Trinajstić information content (AvgIpc) is 2.63. The fourth-order valence-electron chi connectivity index (χ4n) is 4.10. The number of hydrogen-bond acceptors (Lipinski definition) is 3. The summed E-state index contributed by atoms with van der Waals surface area (Å²) in [5, 5.41) is 3.41. The summed E-state index contributed by atoms with van der Waals surface area (Å²) >= 11 is 0. The SMILES string of the molecule is Cc1ccccc1N1CCN(C(=O)CC(C)C2CCNCC2)CC1. The first kappa shape index (κ1) is 17.3. The van der Waals surface area contributed by atoms with Gasteiger partial charge in [-0.2, -0.15) is 0 Å². The van der Waals surface area contributed by atoms with Crippen LogP contribution in [0, 0.1) is 18.8 Å². The lowest BCUT2D eigenvalue weighted by Crippen LogP contribution is -2.49. The quantitative estimate of drug-likeness (QED) is 0.922. The van der Waals surface area contributed by atoms with Crippen molar-refractivity contribution in [3.05, 3.63) is 29.8 Å². The number of hydrogen-bond donors (Lipinski definition) is 1. The Morgan fingerprint density at radius 1 is 1.17 bits per heavy atom. The molecule has 2 heterocycles. The van der Waals surface area contributed by atoms with Crippen molar-refractivity contribution in [2.75, 3.05) is 44.2 Å². The molecule has 132 valence electrons. The van der Waals surface area contributed by atoms with Gasteiger partial charge in [-0.15, -0.1) is 0 Å². The molecular formula is C20H31N3O. The second kappa shape index (κ2) is 8.02. The molecule has 1 aromatic carbocycles. The van der Waals surface area contributed by atoms with Gasteiger partial charge in [-0.05, 0) is 56.3 Å². The molecule has 1 atom stereocenters. The van der Waals surface area contributed by atoms with Crippen LogP contribution in [0.4, 0.5) is 5.69 Å². The molecule has 2 fully saturated rings. The van der Waals surface area contributed by atoms with E-state index in [9.17, 15) is 4.79 Å². The minimum atomic E-state index is 0.352. The minimum Gasteiger partial charge on any atom is -0.368 e. The van der Waals surface area contributed by atoms with Crippen molar-refractivity contribution in [1.29, 1.82) is 0 Å². The Balaban J connectivity index is 1.49. The van der Waals surface area contributed by atoms with E-state index in [4.69, 9.17) is 0 Å². The standard InChI is InChI=1S/C20H31N3O/c1-16-5-3-4-6-19(16)22-11-13-23(14-12-22)20(24)15-17(2)18-7-9-21-10-8-18/h3-6,17-18,21H,7-15H2,1-2H3. The van der Waals surface area contributed by atoms with Crippen LogP contribution in [0.5, 0.6) is 0 Å². The first-order valence-corrected chi connectivity index (χ1v) is 9.44. The zero-order valence-corrected chi connectivity index (χ0v) is 15.1. The number of rotatable bonds is 4. The van der Waals surface area contributed by atoms with E-state index in [1.54, 1.807) is 0 Å². The summed E-state index contributed by atoms with van der Waals surface area (Å²) in [6.07, 6.45) is 3.15. The highest BCUT2D eigenvalue weighted by Crippen LogP contribution is 2.26. The summed E-state index contributed by atoms with van der Waals surface area (Å²) in [6, 6.07) is 8.53. The zero-order valence-electron chi connectivity index (χ0n) is 15.1. The lowest BCUT2D eigenvalue weighted by Gasteiger charge is -2.37. The van der Waals surface area contributed by atoms with Gasteiger partial charge in [0.1, 0.15) is 0 Å². The summed E-state index contributed by atoms with van der Waals surface area (Å²) < 4.78 is 0. The normalized spacial score (nSPS) is 20.9. The summed E-state index contributed by atoms with van der Waals surface area (Å²) in [6.45, 7) is 10.2. The predicted octanol–water partition coefficient (Wildman–Crippen LogP) is 2.67. The van der Waals surface area contributed by atoms with Gasteiger partial charge >= 0.3 is 0 Å². The molecule has 0 bridgehead atoms. The van der Waals surface area contributed by atoms with Crippen LogP contribution in [-0.4, -0.2) is 50.1 Å². The topological polar surface area (TPSA) is 35.6 Å². The number of amides is 1. The van der Waals surface area contributed by atoms with E-state index in [1.807, 2.05) is 0 Å². The zero-order chi connectivity index (χ0) is 16.9. The molecule has 4 nitrogen and oxygen atoms in total. The number of anilines is 1. The highest BCUT2D eigenvalue weighted by Gasteiger charge is 2.26. The van der Waals surface area contributed by atoms with Crippen molar-refractivity contribution in [1.82, 2.24) is 10.2 Å². The highest BCUT2D eigenvalue weighted by atomic mass is 16.2. The Morgan fingerprint density at radius 3 is 2.50 bits per heavy atom. The molecule has 3 rings (SSSR count). The predicted molar refractivity (Wildman–Crippen MR) is 99.3 cm³/mol. The lowest BCUT2D eigenvalue weighted by atomic mass is 9.84. The fourth-order valence-corrected chi connectivity index (χ4v) is 4.10. The Kier molecular flexibility index (Phi) is 5.77. The van der Waals surface area contributed by atoms with Gasteiger partial charge in [0.25, 0.3) is 0 Å². The van der Waals surface area contributed by atoms with Crippen molar-refractivity contribution in [3.63, 3.8) is 0 Å². The molecule has 1 unspecified atom stereocenters. The first-order valence-electron chi connectivity index (χ1n) is 9.44. The van der Waals surface area contributed by atoms with Gasteiger partial charge in [-0.3, -0.25) is 4.79 Å². The monoisotopic (exact) mass is 329 g/mol. The molecule has 2 saturated heterocycles. The third-order valence-electron chi connectivity index (χ3n) is 5.77. The molecule has 0 aliphatic carbocycles. The second-order valence-electron chi connectivity index (χ2n) is 7.42. The van der Waals surface area contributed by atoms with Gasteiger partial charge in [0, 0.05) is 38.3 Å². The molecule has 1 aromatic rings. The number of piperidine rings is 1. The lowest BCUT2D eigenvalue weighted by molar-refractivity contribution is -0.132. The Bertz CT molecular complexity index is 546. The van der Waals surface area contributed by atoms with E-state index in [-0.39, 0.29) is 0 Å². The maximum atomic E-state index is 12.7. The molecule has 1 N–H and O–H groups in total. The highest BCUT2D eigenvalue weighted by molar-refractivity contribution is 5.76. The molecule has 24 heavy (non-hydrogen) atoms. The molecular weight excluding hydrogens is 298 g/mol. The number of para-hydroxylation sites is 1. The Labute approximate surface area is 146 Å². The molecule has 0 spiro atoms. The Hall–Kier alpha value is -1.55. The van der Waals surface area contributed by atoms with Gasteiger partial charge < -0.3 is 15.1 Å². The minimum absolute atomic E-state index is 0.352. The average molecular weight is 329 g/mol. The first-order chi connectivity index (χ1) is 11.6. The van der Waals surface area contributed by atoms with Crippen molar-refractivity contribution >= 4 is 11.6 Å². The van der Waals surface area contributed by atoms with Gasteiger partial charge in [-0.25, -0.2) is 0 Å². The van der Waals surface area contributed by atoms with Crippen molar-refractivity contribution in [2.24, 2.45) is 11.8 Å². The van der Waals surface area contributed by atoms with E-state index < -0.39 is 0 Å². The summed E-state index contributed by atoms with van der Waals surface area (Å²) in [4.78, 5) is 17.1. The smallest absolute Gasteiger partial charge is 0.222 e. The number of aryl methyl sites for hydroxylation is 1. The second-order valence-corrected chi connectivity index (χ2v) is 7.42. The van der Waals surface area contributed by atoms with Crippen LogP contribution in [0.15, 0.2) is 24.3 Å². The van der Waals surface area contributed by atoms with Crippen LogP contribution in [0.25, 0.3) is 0 Å². The maximum absolute atomic E-state index is 12.7.